The second-order valence-electron chi connectivity index (χ2n) is 6.41. The first-order valence-corrected chi connectivity index (χ1v) is 11.1. The molecule has 3 aromatic rings. The minimum atomic E-state index is -4.11. The van der Waals surface area contributed by atoms with Gasteiger partial charge < -0.3 is 11.1 Å². The Morgan fingerprint density at radius 3 is 2.16 bits per heavy atom. The Labute approximate surface area is 189 Å². The van der Waals surface area contributed by atoms with Crippen LogP contribution in [0.3, 0.4) is 0 Å². The van der Waals surface area contributed by atoms with E-state index in [1.54, 1.807) is 18.2 Å². The summed E-state index contributed by atoms with van der Waals surface area (Å²) in [6, 6.07) is 17.9. The van der Waals surface area contributed by atoms with E-state index in [0.717, 1.165) is 4.31 Å². The molecule has 0 spiro atoms. The third-order valence-corrected chi connectivity index (χ3v) is 6.56. The SMILES string of the molecule is NC(=O)c1ccc(NC(=O)CN(c2ccc(Cl)cc2Cl)S(=O)(=O)c2ccccc2)cc1. The van der Waals surface area contributed by atoms with Crippen LogP contribution in [0.2, 0.25) is 10.0 Å². The molecule has 0 radical (unpaired) electrons. The van der Waals surface area contributed by atoms with Gasteiger partial charge in [-0.3, -0.25) is 13.9 Å². The fourth-order valence-corrected chi connectivity index (χ4v) is 4.77. The van der Waals surface area contributed by atoms with Gasteiger partial charge in [-0.25, -0.2) is 8.42 Å². The predicted octanol–water partition coefficient (Wildman–Crippen LogP) is 3.93. The Morgan fingerprint density at radius 2 is 1.58 bits per heavy atom. The van der Waals surface area contributed by atoms with E-state index in [1.165, 1.54) is 54.6 Å². The summed E-state index contributed by atoms with van der Waals surface area (Å²) in [5, 5.41) is 2.99. The molecule has 3 aromatic carbocycles. The fourth-order valence-electron chi connectivity index (χ4n) is 2.75. The number of nitrogens with one attached hydrogen (secondary N) is 1. The van der Waals surface area contributed by atoms with Crippen LogP contribution in [-0.2, 0) is 14.8 Å². The molecule has 0 saturated carbocycles. The van der Waals surface area contributed by atoms with E-state index in [9.17, 15) is 18.0 Å². The van der Waals surface area contributed by atoms with Gasteiger partial charge in [0.15, 0.2) is 0 Å². The third kappa shape index (κ3) is 5.35. The molecule has 0 aromatic heterocycles. The molecular weight excluding hydrogens is 461 g/mol. The molecule has 2 amide bonds. The average Bonchev–Trinajstić information content (AvgIpc) is 2.73. The van der Waals surface area contributed by atoms with E-state index >= 15 is 0 Å². The zero-order valence-corrected chi connectivity index (χ0v) is 18.3. The second-order valence-corrected chi connectivity index (χ2v) is 9.12. The molecule has 0 aliphatic heterocycles. The molecule has 0 unspecified atom stereocenters. The standard InChI is InChI=1S/C21H17Cl2N3O4S/c22-15-8-11-19(18(23)12-15)26(31(29,30)17-4-2-1-3-5-17)13-20(27)25-16-9-6-14(7-10-16)21(24)28/h1-12H,13H2,(H2,24,28)(H,25,27). The molecule has 0 heterocycles. The molecule has 160 valence electrons. The van der Waals surface area contributed by atoms with Gasteiger partial charge in [0.2, 0.25) is 11.8 Å². The number of nitrogens with two attached hydrogens (primary N) is 1. The summed E-state index contributed by atoms with van der Waals surface area (Å²) in [7, 11) is -4.11. The van der Waals surface area contributed by atoms with Crippen LogP contribution in [0.5, 0.6) is 0 Å². The van der Waals surface area contributed by atoms with E-state index in [2.05, 4.69) is 5.32 Å². The first kappa shape index (κ1) is 22.6. The van der Waals surface area contributed by atoms with Crippen molar-refractivity contribution in [2.24, 2.45) is 5.73 Å². The number of hydrogen-bond donors (Lipinski definition) is 2. The summed E-state index contributed by atoms with van der Waals surface area (Å²) in [5.74, 6) is -1.22. The van der Waals surface area contributed by atoms with E-state index in [4.69, 9.17) is 28.9 Å². The van der Waals surface area contributed by atoms with Crippen LogP contribution in [0, 0.1) is 0 Å². The van der Waals surface area contributed by atoms with Crippen LogP contribution in [0.25, 0.3) is 0 Å². The van der Waals surface area contributed by atoms with Crippen molar-refractivity contribution in [1.82, 2.24) is 0 Å². The number of rotatable bonds is 7. The van der Waals surface area contributed by atoms with E-state index in [-0.39, 0.29) is 21.2 Å². The summed E-state index contributed by atoms with van der Waals surface area (Å²) >= 11 is 12.2. The number of sulfonamides is 1. The summed E-state index contributed by atoms with van der Waals surface area (Å²) in [4.78, 5) is 23.9. The maximum absolute atomic E-state index is 13.3. The summed E-state index contributed by atoms with van der Waals surface area (Å²) in [6.07, 6.45) is 0. The zero-order valence-electron chi connectivity index (χ0n) is 16.0. The van der Waals surface area contributed by atoms with E-state index < -0.39 is 28.4 Å². The highest BCUT2D eigenvalue weighted by Gasteiger charge is 2.28. The number of benzene rings is 3. The van der Waals surface area contributed by atoms with Gasteiger partial charge in [-0.2, -0.15) is 0 Å². The molecule has 3 rings (SSSR count). The maximum atomic E-state index is 13.3. The minimum Gasteiger partial charge on any atom is -0.366 e. The Morgan fingerprint density at radius 1 is 0.935 bits per heavy atom. The molecule has 10 heteroatoms. The largest absolute Gasteiger partial charge is 0.366 e. The van der Waals surface area contributed by atoms with Crippen molar-refractivity contribution in [2.75, 3.05) is 16.2 Å². The first-order valence-electron chi connectivity index (χ1n) is 8.91. The van der Waals surface area contributed by atoms with E-state index in [0.29, 0.717) is 10.7 Å². The Bertz CT molecular complexity index is 1220. The van der Waals surface area contributed by atoms with Gasteiger partial charge in [-0.05, 0) is 54.6 Å². The molecular formula is C21H17Cl2N3O4S. The lowest BCUT2D eigenvalue weighted by atomic mass is 10.2. The second kappa shape index (κ2) is 9.38. The van der Waals surface area contributed by atoms with Gasteiger partial charge in [-0.15, -0.1) is 0 Å². The number of hydrogen-bond acceptors (Lipinski definition) is 4. The predicted molar refractivity (Wildman–Crippen MR) is 121 cm³/mol. The summed E-state index contributed by atoms with van der Waals surface area (Å²) in [6.45, 7) is -0.545. The molecule has 0 saturated heterocycles. The van der Waals surface area contributed by atoms with Gasteiger partial charge in [0.1, 0.15) is 6.54 Å². The van der Waals surface area contributed by atoms with Gasteiger partial charge >= 0.3 is 0 Å². The van der Waals surface area contributed by atoms with E-state index in [1.807, 2.05) is 0 Å². The normalized spacial score (nSPS) is 11.0. The van der Waals surface area contributed by atoms with Crippen molar-refractivity contribution in [3.63, 3.8) is 0 Å². The van der Waals surface area contributed by atoms with Crippen LogP contribution >= 0.6 is 23.2 Å². The lowest BCUT2D eigenvalue weighted by Crippen LogP contribution is -2.38. The highest BCUT2D eigenvalue weighted by Crippen LogP contribution is 2.32. The molecule has 0 aliphatic carbocycles. The molecule has 0 atom stereocenters. The third-order valence-electron chi connectivity index (χ3n) is 4.25. The van der Waals surface area contributed by atoms with Crippen molar-refractivity contribution in [1.29, 1.82) is 0 Å². The van der Waals surface area contributed by atoms with Crippen molar-refractivity contribution >= 4 is 56.4 Å². The molecule has 0 bridgehead atoms. The van der Waals surface area contributed by atoms with Crippen molar-refractivity contribution < 1.29 is 18.0 Å². The number of carbonyl (C=O) groups is 2. The number of primary amides is 1. The number of amides is 2. The van der Waals surface area contributed by atoms with Gasteiger partial charge in [0.05, 0.1) is 15.6 Å². The van der Waals surface area contributed by atoms with Gasteiger partial charge in [-0.1, -0.05) is 41.4 Å². The van der Waals surface area contributed by atoms with Crippen LogP contribution in [-0.4, -0.2) is 26.8 Å². The molecule has 0 fully saturated rings. The average molecular weight is 478 g/mol. The zero-order chi connectivity index (χ0) is 22.6. The highest BCUT2D eigenvalue weighted by atomic mass is 35.5. The topological polar surface area (TPSA) is 110 Å². The van der Waals surface area contributed by atoms with Crippen molar-refractivity contribution in [3.05, 3.63) is 88.4 Å². The molecule has 31 heavy (non-hydrogen) atoms. The molecule has 7 nitrogen and oxygen atoms in total. The number of halogens is 2. The highest BCUT2D eigenvalue weighted by molar-refractivity contribution is 7.92. The van der Waals surface area contributed by atoms with Crippen molar-refractivity contribution in [2.45, 2.75) is 4.90 Å². The van der Waals surface area contributed by atoms with Crippen LogP contribution < -0.4 is 15.4 Å². The molecule has 3 N–H and O–H groups in total. The lowest BCUT2D eigenvalue weighted by molar-refractivity contribution is -0.114. The fraction of sp³-hybridized carbons (Fsp3) is 0.0476. The first-order chi connectivity index (χ1) is 14.7. The Balaban J connectivity index is 1.93. The van der Waals surface area contributed by atoms with Crippen LogP contribution in [0.1, 0.15) is 10.4 Å². The smallest absolute Gasteiger partial charge is 0.264 e. The minimum absolute atomic E-state index is 0.000345. The van der Waals surface area contributed by atoms with Crippen LogP contribution in [0.4, 0.5) is 11.4 Å². The number of nitrogens with zero attached hydrogens (tertiary/aromatic N) is 1. The number of carbonyl (C=O) groups excluding carboxylic acids is 2. The Hall–Kier alpha value is -3.07. The lowest BCUT2D eigenvalue weighted by Gasteiger charge is -2.25. The van der Waals surface area contributed by atoms with Gasteiger partial charge in [0.25, 0.3) is 10.0 Å². The molecule has 0 aliphatic rings. The summed E-state index contributed by atoms with van der Waals surface area (Å²) < 4.78 is 27.5. The van der Waals surface area contributed by atoms with Crippen molar-refractivity contribution in [3.8, 4) is 0 Å². The summed E-state index contributed by atoms with van der Waals surface area (Å²) in [5.41, 5.74) is 5.95. The van der Waals surface area contributed by atoms with Crippen LogP contribution in [0.15, 0.2) is 77.7 Å². The quantitative estimate of drug-likeness (QED) is 0.536. The Kier molecular flexibility index (Phi) is 6.84. The van der Waals surface area contributed by atoms with Gasteiger partial charge in [0, 0.05) is 16.3 Å². The number of anilines is 2. The monoisotopic (exact) mass is 477 g/mol. The maximum Gasteiger partial charge on any atom is 0.264 e.